The molecule has 1 aromatic heterocycles. The topological polar surface area (TPSA) is 38.9 Å². The first kappa shape index (κ1) is 10.1. The van der Waals surface area contributed by atoms with Crippen LogP contribution in [0.4, 0.5) is 0 Å². The number of halogens is 1. The van der Waals surface area contributed by atoms with Crippen LogP contribution < -0.4 is 5.73 Å². The molecule has 1 aromatic carbocycles. The lowest BCUT2D eigenvalue weighted by molar-refractivity contribution is 0.768. The lowest BCUT2D eigenvalue weighted by atomic mass is 10.2. The summed E-state index contributed by atoms with van der Waals surface area (Å²) in [4.78, 5) is 4.54. The highest BCUT2D eigenvalue weighted by Gasteiger charge is 2.09. The molecule has 0 spiro atoms. The second-order valence-electron chi connectivity index (χ2n) is 3.30. The summed E-state index contributed by atoms with van der Waals surface area (Å²) in [5.74, 6) is 0.353. The molecule has 1 unspecified atom stereocenters. The number of fused-ring (bicyclic) bond motifs is 1. The molecule has 74 valence electrons. The van der Waals surface area contributed by atoms with Gasteiger partial charge >= 0.3 is 0 Å². The predicted molar refractivity (Wildman–Crippen MR) is 64.8 cm³/mol. The lowest BCUT2D eigenvalue weighted by Gasteiger charge is -2.00. The van der Waals surface area contributed by atoms with Crippen LogP contribution >= 0.6 is 27.3 Å². The fraction of sp³-hybridized carbons (Fsp3) is 0.300. The molecule has 0 amide bonds. The average molecular weight is 271 g/mol. The van der Waals surface area contributed by atoms with Crippen LogP contribution in [0.5, 0.6) is 0 Å². The van der Waals surface area contributed by atoms with Crippen molar-refractivity contribution < 1.29 is 0 Å². The minimum atomic E-state index is 0.353. The Morgan fingerprint density at radius 3 is 3.07 bits per heavy atom. The third kappa shape index (κ3) is 1.82. The van der Waals surface area contributed by atoms with E-state index in [-0.39, 0.29) is 0 Å². The van der Waals surface area contributed by atoms with Gasteiger partial charge in [-0.05, 0) is 18.2 Å². The number of thiazole rings is 1. The summed E-state index contributed by atoms with van der Waals surface area (Å²) in [7, 11) is 0. The van der Waals surface area contributed by atoms with Crippen LogP contribution in [0, 0.1) is 0 Å². The summed E-state index contributed by atoms with van der Waals surface area (Å²) in [6.07, 6.45) is 0. The monoisotopic (exact) mass is 270 g/mol. The quantitative estimate of drug-likeness (QED) is 0.911. The molecule has 2 N–H and O–H groups in total. The third-order valence-electron chi connectivity index (χ3n) is 2.14. The van der Waals surface area contributed by atoms with Crippen molar-refractivity contribution in [2.45, 2.75) is 12.8 Å². The van der Waals surface area contributed by atoms with Gasteiger partial charge in [-0.25, -0.2) is 4.98 Å². The Bertz CT molecular complexity index is 452. The number of nitrogens with two attached hydrogens (primary N) is 1. The molecule has 0 fully saturated rings. The molecule has 1 atom stereocenters. The molecule has 0 radical (unpaired) electrons. The average Bonchev–Trinajstić information content (AvgIpc) is 2.59. The number of nitrogens with zero attached hydrogens (tertiary/aromatic N) is 1. The Balaban J connectivity index is 2.51. The van der Waals surface area contributed by atoms with Crippen molar-refractivity contribution in [2.75, 3.05) is 6.54 Å². The summed E-state index contributed by atoms with van der Waals surface area (Å²) < 4.78 is 2.32. The maximum absolute atomic E-state index is 5.61. The zero-order chi connectivity index (χ0) is 10.1. The number of aromatic nitrogens is 1. The highest BCUT2D eigenvalue weighted by Crippen LogP contribution is 2.28. The predicted octanol–water partition coefficient (Wildman–Crippen LogP) is 3.12. The minimum Gasteiger partial charge on any atom is -0.330 e. The number of rotatable bonds is 2. The van der Waals surface area contributed by atoms with E-state index in [0.29, 0.717) is 12.5 Å². The maximum atomic E-state index is 5.61. The van der Waals surface area contributed by atoms with E-state index in [1.807, 2.05) is 12.1 Å². The van der Waals surface area contributed by atoms with Gasteiger partial charge in [0.2, 0.25) is 0 Å². The van der Waals surface area contributed by atoms with Gasteiger partial charge in [0.15, 0.2) is 0 Å². The molecule has 2 rings (SSSR count). The van der Waals surface area contributed by atoms with Crippen molar-refractivity contribution in [2.24, 2.45) is 5.73 Å². The van der Waals surface area contributed by atoms with Gasteiger partial charge in [0, 0.05) is 16.9 Å². The summed E-state index contributed by atoms with van der Waals surface area (Å²) in [6, 6.07) is 6.14. The van der Waals surface area contributed by atoms with Crippen LogP contribution in [-0.2, 0) is 0 Å². The highest BCUT2D eigenvalue weighted by molar-refractivity contribution is 9.10. The zero-order valence-electron chi connectivity index (χ0n) is 7.83. The zero-order valence-corrected chi connectivity index (χ0v) is 10.2. The first-order valence-electron chi connectivity index (χ1n) is 4.46. The SMILES string of the molecule is CC(CN)c1nc2ccc(Br)cc2s1. The smallest absolute Gasteiger partial charge is 0.0979 e. The van der Waals surface area contributed by atoms with Crippen LogP contribution in [0.15, 0.2) is 22.7 Å². The van der Waals surface area contributed by atoms with E-state index in [0.717, 1.165) is 15.0 Å². The summed E-state index contributed by atoms with van der Waals surface area (Å²) in [5, 5.41) is 1.13. The molecule has 14 heavy (non-hydrogen) atoms. The van der Waals surface area contributed by atoms with Gasteiger partial charge in [-0.1, -0.05) is 22.9 Å². The van der Waals surface area contributed by atoms with Gasteiger partial charge in [-0.3, -0.25) is 0 Å². The van der Waals surface area contributed by atoms with Crippen molar-refractivity contribution >= 4 is 37.5 Å². The molecule has 4 heteroatoms. The molecular formula is C10H11BrN2S. The second-order valence-corrected chi connectivity index (χ2v) is 5.28. The van der Waals surface area contributed by atoms with E-state index in [1.165, 1.54) is 4.70 Å². The molecule has 2 aromatic rings. The van der Waals surface area contributed by atoms with Crippen LogP contribution in [0.25, 0.3) is 10.2 Å². The molecule has 0 aliphatic carbocycles. The van der Waals surface area contributed by atoms with Crippen LogP contribution in [0.1, 0.15) is 17.8 Å². The lowest BCUT2D eigenvalue weighted by Crippen LogP contribution is -2.08. The molecule has 2 nitrogen and oxygen atoms in total. The molecule has 0 bridgehead atoms. The number of hydrogen-bond donors (Lipinski definition) is 1. The first-order chi connectivity index (χ1) is 6.70. The summed E-state index contributed by atoms with van der Waals surface area (Å²) in [6.45, 7) is 2.76. The largest absolute Gasteiger partial charge is 0.330 e. The van der Waals surface area contributed by atoms with E-state index in [2.05, 4.69) is 33.9 Å². The molecule has 0 aliphatic heterocycles. The Kier molecular flexibility index (Phi) is 2.85. The van der Waals surface area contributed by atoms with Crippen LogP contribution in [0.2, 0.25) is 0 Å². The van der Waals surface area contributed by atoms with Gasteiger partial charge in [-0.2, -0.15) is 0 Å². The molecule has 0 saturated carbocycles. The van der Waals surface area contributed by atoms with E-state index < -0.39 is 0 Å². The second kappa shape index (κ2) is 3.96. The first-order valence-corrected chi connectivity index (χ1v) is 6.07. The summed E-state index contributed by atoms with van der Waals surface area (Å²) >= 11 is 5.17. The van der Waals surface area contributed by atoms with E-state index in [1.54, 1.807) is 11.3 Å². The molecule has 1 heterocycles. The van der Waals surface area contributed by atoms with Crippen molar-refractivity contribution in [1.29, 1.82) is 0 Å². The van der Waals surface area contributed by atoms with Crippen molar-refractivity contribution in [3.05, 3.63) is 27.7 Å². The summed E-state index contributed by atoms with van der Waals surface area (Å²) in [5.41, 5.74) is 6.68. The van der Waals surface area contributed by atoms with Crippen molar-refractivity contribution in [3.8, 4) is 0 Å². The van der Waals surface area contributed by atoms with E-state index in [9.17, 15) is 0 Å². The molecular weight excluding hydrogens is 260 g/mol. The van der Waals surface area contributed by atoms with Crippen LogP contribution in [-0.4, -0.2) is 11.5 Å². The van der Waals surface area contributed by atoms with Crippen molar-refractivity contribution in [3.63, 3.8) is 0 Å². The van der Waals surface area contributed by atoms with Crippen molar-refractivity contribution in [1.82, 2.24) is 4.98 Å². The normalized spacial score (nSPS) is 13.4. The van der Waals surface area contributed by atoms with E-state index in [4.69, 9.17) is 5.73 Å². The molecule has 0 aliphatic rings. The van der Waals surface area contributed by atoms with Crippen LogP contribution in [0.3, 0.4) is 0 Å². The Labute approximate surface area is 95.3 Å². The Hall–Kier alpha value is -0.450. The third-order valence-corrected chi connectivity index (χ3v) is 3.89. The Morgan fingerprint density at radius 2 is 2.36 bits per heavy atom. The minimum absolute atomic E-state index is 0.353. The highest BCUT2D eigenvalue weighted by atomic mass is 79.9. The Morgan fingerprint density at radius 1 is 1.57 bits per heavy atom. The van der Waals surface area contributed by atoms with E-state index >= 15 is 0 Å². The number of hydrogen-bond acceptors (Lipinski definition) is 3. The van der Waals surface area contributed by atoms with Gasteiger partial charge in [0.05, 0.1) is 15.2 Å². The standard InChI is InChI=1S/C10H11BrN2S/c1-6(5-12)10-13-8-3-2-7(11)4-9(8)14-10/h2-4,6H,5,12H2,1H3. The fourth-order valence-electron chi connectivity index (χ4n) is 1.23. The fourth-order valence-corrected chi connectivity index (χ4v) is 2.81. The van der Waals surface area contributed by atoms with Gasteiger partial charge in [0.25, 0.3) is 0 Å². The van der Waals surface area contributed by atoms with Gasteiger partial charge in [0.1, 0.15) is 0 Å². The van der Waals surface area contributed by atoms with Gasteiger partial charge < -0.3 is 5.73 Å². The maximum Gasteiger partial charge on any atom is 0.0979 e. The molecule has 0 saturated heterocycles. The van der Waals surface area contributed by atoms with Gasteiger partial charge in [-0.15, -0.1) is 11.3 Å². The number of benzene rings is 1.